The maximum absolute atomic E-state index is 12.2. The Labute approximate surface area is 130 Å². The highest BCUT2D eigenvalue weighted by molar-refractivity contribution is 6.07. The first-order chi connectivity index (χ1) is 10.5. The van der Waals surface area contributed by atoms with Crippen molar-refractivity contribution < 1.29 is 14.3 Å². The molecule has 2 rings (SSSR count). The van der Waals surface area contributed by atoms with Crippen LogP contribution in [0.2, 0.25) is 0 Å². The molecule has 22 heavy (non-hydrogen) atoms. The summed E-state index contributed by atoms with van der Waals surface area (Å²) in [4.78, 5) is 12.2. The van der Waals surface area contributed by atoms with Crippen LogP contribution in [-0.4, -0.2) is 20.0 Å². The molecule has 0 spiro atoms. The molecule has 0 aliphatic rings. The fourth-order valence-electron chi connectivity index (χ4n) is 2.14. The first-order valence-corrected chi connectivity index (χ1v) is 6.85. The monoisotopic (exact) mass is 297 g/mol. The average Bonchev–Trinajstić information content (AvgIpc) is 2.53. The predicted octanol–water partition coefficient (Wildman–Crippen LogP) is 3.49. The third-order valence-electron chi connectivity index (χ3n) is 3.28. The smallest absolute Gasteiger partial charge is 0.185 e. The van der Waals surface area contributed by atoms with E-state index in [1.165, 1.54) is 6.08 Å². The number of ketones is 1. The van der Waals surface area contributed by atoms with Gasteiger partial charge in [0.25, 0.3) is 0 Å². The first-order valence-electron chi connectivity index (χ1n) is 6.85. The molecule has 0 radical (unpaired) electrons. The van der Waals surface area contributed by atoms with Crippen LogP contribution in [0.3, 0.4) is 0 Å². The molecular weight excluding hydrogens is 278 g/mol. The van der Waals surface area contributed by atoms with Gasteiger partial charge in [-0.2, -0.15) is 0 Å². The fourth-order valence-corrected chi connectivity index (χ4v) is 2.14. The van der Waals surface area contributed by atoms with Crippen LogP contribution in [0, 0.1) is 6.92 Å². The predicted molar refractivity (Wildman–Crippen MR) is 88.5 cm³/mol. The van der Waals surface area contributed by atoms with Crippen molar-refractivity contribution in [1.82, 2.24) is 0 Å². The van der Waals surface area contributed by atoms with Gasteiger partial charge in [0.15, 0.2) is 5.78 Å². The molecule has 0 aliphatic carbocycles. The molecular formula is C18H19NO3. The van der Waals surface area contributed by atoms with Gasteiger partial charge in [0.2, 0.25) is 0 Å². The Bertz CT molecular complexity index is 678. The van der Waals surface area contributed by atoms with E-state index in [9.17, 15) is 4.79 Å². The van der Waals surface area contributed by atoms with Crippen molar-refractivity contribution in [2.45, 2.75) is 6.92 Å². The van der Waals surface area contributed by atoms with E-state index in [0.717, 1.165) is 11.1 Å². The van der Waals surface area contributed by atoms with Crippen LogP contribution in [0.1, 0.15) is 21.5 Å². The number of benzene rings is 2. The van der Waals surface area contributed by atoms with Crippen molar-refractivity contribution >= 4 is 17.5 Å². The normalized spacial score (nSPS) is 10.7. The molecule has 2 aromatic rings. The number of methoxy groups -OCH3 is 2. The summed E-state index contributed by atoms with van der Waals surface area (Å²) in [5.74, 6) is 1.22. The summed E-state index contributed by atoms with van der Waals surface area (Å²) < 4.78 is 10.7. The standard InChI is InChI=1S/C18H19NO3/c1-12-10-17(21-2)15(18(11-12)22-3)8-9-16(20)13-4-6-14(19)7-5-13/h4-11H,19H2,1-3H3/b9-8+. The van der Waals surface area contributed by atoms with E-state index in [1.54, 1.807) is 44.6 Å². The molecule has 0 saturated heterocycles. The summed E-state index contributed by atoms with van der Waals surface area (Å²) in [7, 11) is 3.18. The average molecular weight is 297 g/mol. The minimum absolute atomic E-state index is 0.107. The second-order valence-electron chi connectivity index (χ2n) is 4.90. The molecule has 2 N–H and O–H groups in total. The molecule has 4 nitrogen and oxygen atoms in total. The van der Waals surface area contributed by atoms with Gasteiger partial charge in [0.05, 0.1) is 19.8 Å². The number of nitrogens with two attached hydrogens (primary N) is 1. The number of aryl methyl sites for hydroxylation is 1. The quantitative estimate of drug-likeness (QED) is 0.521. The molecule has 4 heteroatoms. The van der Waals surface area contributed by atoms with Gasteiger partial charge in [-0.05, 0) is 61.0 Å². The third-order valence-corrected chi connectivity index (χ3v) is 3.28. The zero-order valence-electron chi connectivity index (χ0n) is 12.9. The third kappa shape index (κ3) is 3.47. The highest BCUT2D eigenvalue weighted by Crippen LogP contribution is 2.31. The number of hydrogen-bond acceptors (Lipinski definition) is 4. The van der Waals surface area contributed by atoms with Crippen LogP contribution in [0.15, 0.2) is 42.5 Å². The Hall–Kier alpha value is -2.75. The zero-order valence-corrected chi connectivity index (χ0v) is 12.9. The molecule has 0 unspecified atom stereocenters. The first kappa shape index (κ1) is 15.6. The van der Waals surface area contributed by atoms with E-state index in [0.29, 0.717) is 22.7 Å². The van der Waals surface area contributed by atoms with Gasteiger partial charge >= 0.3 is 0 Å². The van der Waals surface area contributed by atoms with Crippen molar-refractivity contribution in [1.29, 1.82) is 0 Å². The number of carbonyl (C=O) groups excluding carboxylic acids is 1. The molecule has 0 fully saturated rings. The SMILES string of the molecule is COc1cc(C)cc(OC)c1/C=C/C(=O)c1ccc(N)cc1. The highest BCUT2D eigenvalue weighted by atomic mass is 16.5. The van der Waals surface area contributed by atoms with Crippen LogP contribution in [0.25, 0.3) is 6.08 Å². The number of carbonyl (C=O) groups is 1. The van der Waals surface area contributed by atoms with Crippen molar-refractivity contribution in [3.8, 4) is 11.5 Å². The molecule has 114 valence electrons. The highest BCUT2D eigenvalue weighted by Gasteiger charge is 2.09. The lowest BCUT2D eigenvalue weighted by molar-refractivity contribution is 0.104. The maximum Gasteiger partial charge on any atom is 0.185 e. The summed E-state index contributed by atoms with van der Waals surface area (Å²) >= 11 is 0. The maximum atomic E-state index is 12.2. The van der Waals surface area contributed by atoms with E-state index in [1.807, 2.05) is 19.1 Å². The Balaban J connectivity index is 2.33. The second kappa shape index (κ2) is 6.80. The van der Waals surface area contributed by atoms with Gasteiger partial charge in [-0.3, -0.25) is 4.79 Å². The molecule has 0 aromatic heterocycles. The largest absolute Gasteiger partial charge is 0.496 e. The summed E-state index contributed by atoms with van der Waals surface area (Å²) in [5.41, 5.74) is 8.59. The molecule has 0 heterocycles. The lowest BCUT2D eigenvalue weighted by Crippen LogP contribution is -1.97. The van der Waals surface area contributed by atoms with Crippen molar-refractivity contribution in [3.63, 3.8) is 0 Å². The number of ether oxygens (including phenoxy) is 2. The molecule has 2 aromatic carbocycles. The Morgan fingerprint density at radius 3 is 2.09 bits per heavy atom. The van der Waals surface area contributed by atoms with Crippen LogP contribution in [-0.2, 0) is 0 Å². The Morgan fingerprint density at radius 2 is 1.59 bits per heavy atom. The number of nitrogen functional groups attached to an aromatic ring is 1. The molecule has 0 bridgehead atoms. The minimum atomic E-state index is -0.107. The van der Waals surface area contributed by atoms with E-state index in [2.05, 4.69) is 0 Å². The van der Waals surface area contributed by atoms with Crippen LogP contribution < -0.4 is 15.2 Å². The number of anilines is 1. The van der Waals surface area contributed by atoms with Gasteiger partial charge in [-0.25, -0.2) is 0 Å². The molecule has 0 atom stereocenters. The van der Waals surface area contributed by atoms with Crippen molar-refractivity contribution in [3.05, 3.63) is 59.2 Å². The summed E-state index contributed by atoms with van der Waals surface area (Å²) in [5, 5.41) is 0. The van der Waals surface area contributed by atoms with Crippen LogP contribution in [0.5, 0.6) is 11.5 Å². The number of rotatable bonds is 5. The number of hydrogen-bond donors (Lipinski definition) is 1. The minimum Gasteiger partial charge on any atom is -0.496 e. The van der Waals surface area contributed by atoms with E-state index in [4.69, 9.17) is 15.2 Å². The summed E-state index contributed by atoms with van der Waals surface area (Å²) in [6.07, 6.45) is 3.21. The summed E-state index contributed by atoms with van der Waals surface area (Å²) in [6.45, 7) is 1.96. The zero-order chi connectivity index (χ0) is 16.1. The van der Waals surface area contributed by atoms with Crippen LogP contribution >= 0.6 is 0 Å². The van der Waals surface area contributed by atoms with Gasteiger partial charge in [-0.15, -0.1) is 0 Å². The Morgan fingerprint density at radius 1 is 1.05 bits per heavy atom. The van der Waals surface area contributed by atoms with Crippen LogP contribution in [0.4, 0.5) is 5.69 Å². The van der Waals surface area contributed by atoms with E-state index in [-0.39, 0.29) is 5.78 Å². The van der Waals surface area contributed by atoms with Crippen molar-refractivity contribution in [2.24, 2.45) is 0 Å². The lowest BCUT2D eigenvalue weighted by atomic mass is 10.1. The lowest BCUT2D eigenvalue weighted by Gasteiger charge is -2.11. The molecule has 0 amide bonds. The molecule has 0 aliphatic heterocycles. The van der Waals surface area contributed by atoms with Gasteiger partial charge in [0, 0.05) is 11.3 Å². The van der Waals surface area contributed by atoms with Gasteiger partial charge < -0.3 is 15.2 Å². The summed E-state index contributed by atoms with van der Waals surface area (Å²) in [6, 6.07) is 10.6. The number of allylic oxidation sites excluding steroid dienone is 1. The molecule has 0 saturated carbocycles. The van der Waals surface area contributed by atoms with Gasteiger partial charge in [-0.1, -0.05) is 0 Å². The fraction of sp³-hybridized carbons (Fsp3) is 0.167. The van der Waals surface area contributed by atoms with E-state index < -0.39 is 0 Å². The van der Waals surface area contributed by atoms with Crippen molar-refractivity contribution in [2.75, 3.05) is 20.0 Å². The topological polar surface area (TPSA) is 61.5 Å². The Kier molecular flexibility index (Phi) is 4.84. The van der Waals surface area contributed by atoms with E-state index >= 15 is 0 Å². The van der Waals surface area contributed by atoms with Gasteiger partial charge in [0.1, 0.15) is 11.5 Å². The second-order valence-corrected chi connectivity index (χ2v) is 4.90.